The van der Waals surface area contributed by atoms with Gasteiger partial charge < -0.3 is 9.15 Å². The molecule has 0 N–H and O–H groups in total. The molecule has 0 aliphatic carbocycles. The average Bonchev–Trinajstić information content (AvgIpc) is 3.11. The highest BCUT2D eigenvalue weighted by Crippen LogP contribution is 2.31. The van der Waals surface area contributed by atoms with E-state index in [1.807, 2.05) is 0 Å². The van der Waals surface area contributed by atoms with Crippen molar-refractivity contribution < 1.29 is 18.3 Å². The van der Waals surface area contributed by atoms with Crippen molar-refractivity contribution in [2.24, 2.45) is 0 Å². The van der Waals surface area contributed by atoms with Crippen LogP contribution in [0.3, 0.4) is 0 Å². The van der Waals surface area contributed by atoms with Crippen molar-refractivity contribution in [3.8, 4) is 0 Å². The number of anilines is 1. The molecule has 0 fully saturated rings. The summed E-state index contributed by atoms with van der Waals surface area (Å²) in [6.07, 6.45) is 2.14. The first kappa shape index (κ1) is 18.7. The van der Waals surface area contributed by atoms with E-state index < -0.39 is 17.5 Å². The normalized spacial score (nSPS) is 11.8. The molecular formula is C16H15BrClFN4O3. The summed E-state index contributed by atoms with van der Waals surface area (Å²) in [6, 6.07) is 3.36. The second-order valence-electron chi connectivity index (χ2n) is 6.43. The summed E-state index contributed by atoms with van der Waals surface area (Å²) in [5.74, 6) is -0.182. The zero-order chi connectivity index (χ0) is 19.1. The first-order valence-electron chi connectivity index (χ1n) is 7.58. The lowest BCUT2D eigenvalue weighted by molar-refractivity contribution is 0.0574. The largest absolute Gasteiger partial charge is 0.467 e. The van der Waals surface area contributed by atoms with Gasteiger partial charge in [-0.1, -0.05) is 0 Å². The maximum atomic E-state index is 14.6. The summed E-state index contributed by atoms with van der Waals surface area (Å²) in [6.45, 7) is 5.17. The standard InChI is InChI=1S/C16H15BrClFN4O3/c1-16(2,3)26-15(24)22(7-9-5-4-6-25-9)13-12-11(19)10(17)8-23(12)21-14(18)20-13/h4-6,8H,7H2,1-3H3. The molecule has 0 atom stereocenters. The van der Waals surface area contributed by atoms with Crippen LogP contribution >= 0.6 is 27.5 Å². The van der Waals surface area contributed by atoms with Gasteiger partial charge in [-0.3, -0.25) is 4.90 Å². The molecule has 7 nitrogen and oxygen atoms in total. The number of rotatable bonds is 3. The topological polar surface area (TPSA) is 72.9 Å². The van der Waals surface area contributed by atoms with Gasteiger partial charge in [0.15, 0.2) is 11.6 Å². The molecule has 0 bridgehead atoms. The van der Waals surface area contributed by atoms with Crippen LogP contribution in [0.25, 0.3) is 5.52 Å². The average molecular weight is 446 g/mol. The molecule has 3 aromatic rings. The number of carbonyl (C=O) groups excluding carboxylic acids is 1. The molecule has 0 aliphatic rings. The van der Waals surface area contributed by atoms with Gasteiger partial charge in [0.05, 0.1) is 17.3 Å². The number of halogens is 3. The van der Waals surface area contributed by atoms with Crippen molar-refractivity contribution in [2.75, 3.05) is 4.90 Å². The van der Waals surface area contributed by atoms with Crippen molar-refractivity contribution in [2.45, 2.75) is 32.9 Å². The van der Waals surface area contributed by atoms with Crippen molar-refractivity contribution >= 4 is 45.0 Å². The highest BCUT2D eigenvalue weighted by molar-refractivity contribution is 9.10. The smallest absolute Gasteiger partial charge is 0.416 e. The molecule has 26 heavy (non-hydrogen) atoms. The Morgan fingerprint density at radius 1 is 1.50 bits per heavy atom. The summed E-state index contributed by atoms with van der Waals surface area (Å²) in [5, 5.41) is 3.78. The minimum Gasteiger partial charge on any atom is -0.467 e. The van der Waals surface area contributed by atoms with Crippen LogP contribution in [0, 0.1) is 5.82 Å². The summed E-state index contributed by atoms with van der Waals surface area (Å²) in [5.41, 5.74) is -0.772. The summed E-state index contributed by atoms with van der Waals surface area (Å²) in [7, 11) is 0. The van der Waals surface area contributed by atoms with Crippen LogP contribution in [-0.4, -0.2) is 26.3 Å². The maximum absolute atomic E-state index is 14.6. The van der Waals surface area contributed by atoms with E-state index in [1.54, 1.807) is 32.9 Å². The maximum Gasteiger partial charge on any atom is 0.416 e. The Morgan fingerprint density at radius 2 is 2.23 bits per heavy atom. The molecule has 3 aromatic heterocycles. The van der Waals surface area contributed by atoms with Crippen LogP contribution in [0.4, 0.5) is 15.0 Å². The molecule has 0 radical (unpaired) electrons. The van der Waals surface area contributed by atoms with Gasteiger partial charge in [-0.2, -0.15) is 4.98 Å². The van der Waals surface area contributed by atoms with Crippen molar-refractivity contribution in [3.63, 3.8) is 0 Å². The predicted molar refractivity (Wildman–Crippen MR) is 96.8 cm³/mol. The van der Waals surface area contributed by atoms with Gasteiger partial charge in [-0.15, -0.1) is 5.10 Å². The van der Waals surface area contributed by atoms with Crippen molar-refractivity contribution in [3.05, 3.63) is 45.9 Å². The second-order valence-corrected chi connectivity index (χ2v) is 7.63. The molecule has 1 amide bonds. The Kier molecular flexibility index (Phi) is 4.94. The first-order valence-corrected chi connectivity index (χ1v) is 8.75. The SMILES string of the molecule is CC(C)(C)OC(=O)N(Cc1ccco1)c1nc(Cl)nn2cc(Br)c(F)c12. The molecular weight excluding hydrogens is 431 g/mol. The third-order valence-electron chi connectivity index (χ3n) is 3.25. The summed E-state index contributed by atoms with van der Waals surface area (Å²) >= 11 is 9.07. The molecule has 138 valence electrons. The van der Waals surface area contributed by atoms with Crippen LogP contribution in [0.2, 0.25) is 5.28 Å². The van der Waals surface area contributed by atoms with Crippen LogP contribution < -0.4 is 4.90 Å². The zero-order valence-electron chi connectivity index (χ0n) is 14.2. The highest BCUT2D eigenvalue weighted by Gasteiger charge is 2.29. The Labute approximate surface area is 161 Å². The molecule has 3 rings (SSSR count). The number of amides is 1. The van der Waals surface area contributed by atoms with Gasteiger partial charge in [0.1, 0.15) is 16.9 Å². The monoisotopic (exact) mass is 444 g/mol. The fourth-order valence-corrected chi connectivity index (χ4v) is 2.81. The summed E-state index contributed by atoms with van der Waals surface area (Å²) in [4.78, 5) is 18.0. The number of ether oxygens (including phenoxy) is 1. The lowest BCUT2D eigenvalue weighted by atomic mass is 10.2. The third-order valence-corrected chi connectivity index (χ3v) is 3.96. The van der Waals surface area contributed by atoms with Crippen LogP contribution in [0.5, 0.6) is 0 Å². The van der Waals surface area contributed by atoms with E-state index in [9.17, 15) is 9.18 Å². The molecule has 0 saturated carbocycles. The Morgan fingerprint density at radius 3 is 2.85 bits per heavy atom. The van der Waals surface area contributed by atoms with Gasteiger partial charge in [0, 0.05) is 6.20 Å². The van der Waals surface area contributed by atoms with Gasteiger partial charge in [0.25, 0.3) is 0 Å². The number of carbonyl (C=O) groups is 1. The van der Waals surface area contributed by atoms with Gasteiger partial charge in [-0.05, 0) is 60.4 Å². The van der Waals surface area contributed by atoms with E-state index in [0.717, 1.165) is 4.90 Å². The predicted octanol–water partition coefficient (Wildman–Crippen LogP) is 4.82. The molecule has 0 spiro atoms. The second kappa shape index (κ2) is 6.88. The molecule has 0 saturated heterocycles. The zero-order valence-corrected chi connectivity index (χ0v) is 16.5. The molecule has 0 aliphatic heterocycles. The Balaban J connectivity index is 2.15. The van der Waals surface area contributed by atoms with Crippen LogP contribution in [-0.2, 0) is 11.3 Å². The van der Waals surface area contributed by atoms with E-state index >= 15 is 0 Å². The minimum absolute atomic E-state index is 0.0151. The van der Waals surface area contributed by atoms with Gasteiger partial charge in [-0.25, -0.2) is 13.7 Å². The van der Waals surface area contributed by atoms with Crippen molar-refractivity contribution in [1.82, 2.24) is 14.6 Å². The third kappa shape index (κ3) is 3.83. The van der Waals surface area contributed by atoms with E-state index in [0.29, 0.717) is 5.76 Å². The molecule has 10 heteroatoms. The van der Waals surface area contributed by atoms with Gasteiger partial charge >= 0.3 is 6.09 Å². The number of hydrogen-bond donors (Lipinski definition) is 0. The quantitative estimate of drug-likeness (QED) is 0.578. The Bertz CT molecular complexity index is 953. The fraction of sp³-hybridized carbons (Fsp3) is 0.312. The van der Waals surface area contributed by atoms with Crippen LogP contribution in [0.15, 0.2) is 33.5 Å². The molecule has 0 aromatic carbocycles. The molecule has 3 heterocycles. The van der Waals surface area contributed by atoms with E-state index in [4.69, 9.17) is 20.8 Å². The fourth-order valence-electron chi connectivity index (χ4n) is 2.26. The van der Waals surface area contributed by atoms with E-state index in [2.05, 4.69) is 26.0 Å². The van der Waals surface area contributed by atoms with Crippen molar-refractivity contribution in [1.29, 1.82) is 0 Å². The number of hydrogen-bond acceptors (Lipinski definition) is 5. The van der Waals surface area contributed by atoms with E-state index in [1.165, 1.54) is 17.0 Å². The number of furan rings is 1. The first-order chi connectivity index (χ1) is 12.2. The highest BCUT2D eigenvalue weighted by atomic mass is 79.9. The summed E-state index contributed by atoms with van der Waals surface area (Å²) < 4.78 is 26.7. The lowest BCUT2D eigenvalue weighted by Gasteiger charge is -2.26. The number of nitrogens with zero attached hydrogens (tertiary/aromatic N) is 4. The number of aromatic nitrogens is 3. The van der Waals surface area contributed by atoms with Gasteiger partial charge in [0.2, 0.25) is 5.28 Å². The Hall–Kier alpha value is -2.13. The minimum atomic E-state index is -0.757. The van der Waals surface area contributed by atoms with E-state index in [-0.39, 0.29) is 27.6 Å². The molecule has 0 unspecified atom stereocenters. The number of fused-ring (bicyclic) bond motifs is 1. The van der Waals surface area contributed by atoms with Crippen LogP contribution in [0.1, 0.15) is 26.5 Å². The lowest BCUT2D eigenvalue weighted by Crippen LogP contribution is -2.37.